The molecule has 0 aromatic heterocycles. The first-order valence-electron chi connectivity index (χ1n) is 5.94. The van der Waals surface area contributed by atoms with Crippen LogP contribution in [0.25, 0.3) is 0 Å². The molecule has 0 saturated heterocycles. The van der Waals surface area contributed by atoms with E-state index in [1.165, 1.54) is 0 Å². The van der Waals surface area contributed by atoms with Crippen LogP contribution in [0.3, 0.4) is 0 Å². The van der Waals surface area contributed by atoms with Gasteiger partial charge < -0.3 is 14.9 Å². The van der Waals surface area contributed by atoms with Crippen molar-refractivity contribution in [1.29, 1.82) is 0 Å². The molecular weight excluding hydrogens is 206 g/mol. The third kappa shape index (κ3) is 8.85. The van der Waals surface area contributed by atoms with Gasteiger partial charge >= 0.3 is 0 Å². The zero-order valence-electron chi connectivity index (χ0n) is 10.3. The summed E-state index contributed by atoms with van der Waals surface area (Å²) in [6, 6.07) is 0. The molecule has 0 rings (SSSR count). The molecule has 0 fully saturated rings. The molecule has 16 heavy (non-hydrogen) atoms. The highest BCUT2D eigenvalue weighted by atomic mass is 16.5. The fourth-order valence-corrected chi connectivity index (χ4v) is 1.40. The van der Waals surface area contributed by atoms with Crippen LogP contribution in [0, 0.1) is 0 Å². The molecule has 2 N–H and O–H groups in total. The molecule has 0 amide bonds. The quantitative estimate of drug-likeness (QED) is 0.405. The van der Waals surface area contributed by atoms with E-state index in [-0.39, 0.29) is 6.61 Å². The van der Waals surface area contributed by atoms with Gasteiger partial charge in [-0.25, -0.2) is 0 Å². The summed E-state index contributed by atoms with van der Waals surface area (Å²) >= 11 is 0. The summed E-state index contributed by atoms with van der Waals surface area (Å²) < 4.78 is 5.33. The van der Waals surface area contributed by atoms with Crippen LogP contribution in [0.15, 0.2) is 12.7 Å². The number of aliphatic hydroxyl groups is 2. The van der Waals surface area contributed by atoms with E-state index in [1.54, 1.807) is 6.08 Å². The Morgan fingerprint density at radius 3 is 2.81 bits per heavy atom. The van der Waals surface area contributed by atoms with Gasteiger partial charge in [0, 0.05) is 26.2 Å². The Kier molecular flexibility index (Phi) is 10.8. The van der Waals surface area contributed by atoms with Crippen LogP contribution in [0.5, 0.6) is 0 Å². The van der Waals surface area contributed by atoms with Gasteiger partial charge in [0.2, 0.25) is 0 Å². The first-order chi connectivity index (χ1) is 7.74. The van der Waals surface area contributed by atoms with Gasteiger partial charge in [-0.1, -0.05) is 19.4 Å². The van der Waals surface area contributed by atoms with Crippen LogP contribution in [0.4, 0.5) is 0 Å². The lowest BCUT2D eigenvalue weighted by molar-refractivity contribution is 0.0154. The Balaban J connectivity index is 3.63. The Morgan fingerprint density at radius 2 is 2.25 bits per heavy atom. The number of rotatable bonds is 11. The molecule has 0 aliphatic rings. The second kappa shape index (κ2) is 11.1. The minimum Gasteiger partial charge on any atom is -0.395 e. The van der Waals surface area contributed by atoms with E-state index in [0.29, 0.717) is 32.8 Å². The largest absolute Gasteiger partial charge is 0.395 e. The lowest BCUT2D eigenvalue weighted by atomic mass is 10.3. The Hall–Kier alpha value is -0.420. The van der Waals surface area contributed by atoms with Crippen molar-refractivity contribution >= 4 is 0 Å². The summed E-state index contributed by atoms with van der Waals surface area (Å²) in [4.78, 5) is 1.95. The molecular formula is C12H25NO3. The Labute approximate surface area is 98.5 Å². The summed E-state index contributed by atoms with van der Waals surface area (Å²) in [7, 11) is 0. The molecule has 0 aliphatic carbocycles. The second-order valence-corrected chi connectivity index (χ2v) is 3.85. The van der Waals surface area contributed by atoms with E-state index in [9.17, 15) is 5.11 Å². The van der Waals surface area contributed by atoms with Crippen molar-refractivity contribution < 1.29 is 14.9 Å². The van der Waals surface area contributed by atoms with E-state index in [4.69, 9.17) is 9.84 Å². The number of nitrogens with zero attached hydrogens (tertiary/aromatic N) is 1. The molecule has 0 aliphatic heterocycles. The van der Waals surface area contributed by atoms with E-state index in [2.05, 4.69) is 13.5 Å². The van der Waals surface area contributed by atoms with E-state index in [1.807, 2.05) is 4.90 Å². The van der Waals surface area contributed by atoms with E-state index in [0.717, 1.165) is 12.8 Å². The van der Waals surface area contributed by atoms with Crippen molar-refractivity contribution in [3.8, 4) is 0 Å². The molecule has 1 unspecified atom stereocenters. The number of ether oxygens (including phenoxy) is 1. The van der Waals surface area contributed by atoms with Crippen LogP contribution in [-0.4, -0.2) is 60.7 Å². The zero-order chi connectivity index (χ0) is 12.2. The second-order valence-electron chi connectivity index (χ2n) is 3.85. The van der Waals surface area contributed by atoms with Crippen molar-refractivity contribution in [2.75, 3.05) is 39.5 Å². The highest BCUT2D eigenvalue weighted by molar-refractivity contribution is 4.75. The van der Waals surface area contributed by atoms with Crippen molar-refractivity contribution in [3.05, 3.63) is 12.7 Å². The summed E-state index contributed by atoms with van der Waals surface area (Å²) in [5.74, 6) is 0. The summed E-state index contributed by atoms with van der Waals surface area (Å²) in [6.07, 6.45) is 3.40. The minimum absolute atomic E-state index is 0.0945. The van der Waals surface area contributed by atoms with Gasteiger partial charge in [0.15, 0.2) is 0 Å². The third-order valence-electron chi connectivity index (χ3n) is 2.22. The molecule has 0 aromatic carbocycles. The fraction of sp³-hybridized carbons (Fsp3) is 0.833. The normalized spacial score (nSPS) is 13.0. The molecule has 96 valence electrons. The standard InChI is InChI=1S/C12H25NO3/c1-3-5-9-16-11-12(15)10-13(6-4-2)7-8-14/h4,12,14-15H,2-3,5-11H2,1H3. The van der Waals surface area contributed by atoms with Crippen molar-refractivity contribution in [2.24, 2.45) is 0 Å². The molecule has 0 spiro atoms. The van der Waals surface area contributed by atoms with Gasteiger partial charge in [-0.05, 0) is 6.42 Å². The van der Waals surface area contributed by atoms with Gasteiger partial charge in [-0.2, -0.15) is 0 Å². The number of aliphatic hydroxyl groups excluding tert-OH is 2. The van der Waals surface area contributed by atoms with Crippen LogP contribution < -0.4 is 0 Å². The van der Waals surface area contributed by atoms with Gasteiger partial charge in [0.05, 0.1) is 19.3 Å². The highest BCUT2D eigenvalue weighted by Crippen LogP contribution is 1.95. The zero-order valence-corrected chi connectivity index (χ0v) is 10.3. The average molecular weight is 231 g/mol. The number of hydrogen-bond acceptors (Lipinski definition) is 4. The fourth-order valence-electron chi connectivity index (χ4n) is 1.40. The summed E-state index contributed by atoms with van der Waals surface area (Å²) in [6.45, 7) is 8.64. The van der Waals surface area contributed by atoms with Gasteiger partial charge in [0.25, 0.3) is 0 Å². The van der Waals surface area contributed by atoms with E-state index < -0.39 is 6.10 Å². The highest BCUT2D eigenvalue weighted by Gasteiger charge is 2.10. The maximum atomic E-state index is 9.69. The maximum absolute atomic E-state index is 9.69. The van der Waals surface area contributed by atoms with Crippen molar-refractivity contribution in [1.82, 2.24) is 4.90 Å². The van der Waals surface area contributed by atoms with Gasteiger partial charge in [-0.3, -0.25) is 4.90 Å². The molecule has 0 radical (unpaired) electrons. The SMILES string of the molecule is C=CCN(CCO)CC(O)COCCCC. The molecule has 4 nitrogen and oxygen atoms in total. The lowest BCUT2D eigenvalue weighted by Crippen LogP contribution is -2.36. The molecule has 4 heteroatoms. The number of unbranched alkanes of at least 4 members (excludes halogenated alkanes) is 1. The summed E-state index contributed by atoms with van der Waals surface area (Å²) in [5.41, 5.74) is 0. The first-order valence-corrected chi connectivity index (χ1v) is 5.94. The van der Waals surface area contributed by atoms with Crippen molar-refractivity contribution in [3.63, 3.8) is 0 Å². The Bertz CT molecular complexity index is 164. The first kappa shape index (κ1) is 15.6. The molecule has 0 heterocycles. The topological polar surface area (TPSA) is 52.9 Å². The molecule has 1 atom stereocenters. The van der Waals surface area contributed by atoms with Crippen LogP contribution in [-0.2, 0) is 4.74 Å². The molecule has 0 saturated carbocycles. The predicted molar refractivity (Wildman–Crippen MR) is 65.5 cm³/mol. The van der Waals surface area contributed by atoms with Crippen LogP contribution in [0.1, 0.15) is 19.8 Å². The minimum atomic E-state index is -0.497. The molecule has 0 bridgehead atoms. The Morgan fingerprint density at radius 1 is 1.50 bits per heavy atom. The smallest absolute Gasteiger partial charge is 0.0900 e. The van der Waals surface area contributed by atoms with Gasteiger partial charge in [0.1, 0.15) is 0 Å². The van der Waals surface area contributed by atoms with Crippen molar-refractivity contribution in [2.45, 2.75) is 25.9 Å². The van der Waals surface area contributed by atoms with Crippen LogP contribution in [0.2, 0.25) is 0 Å². The van der Waals surface area contributed by atoms with E-state index >= 15 is 0 Å². The lowest BCUT2D eigenvalue weighted by Gasteiger charge is -2.22. The monoisotopic (exact) mass is 231 g/mol. The number of hydrogen-bond donors (Lipinski definition) is 2. The van der Waals surface area contributed by atoms with Gasteiger partial charge in [-0.15, -0.1) is 6.58 Å². The van der Waals surface area contributed by atoms with Crippen LogP contribution >= 0.6 is 0 Å². The predicted octanol–water partition coefficient (Wildman–Crippen LogP) is 0.644. The third-order valence-corrected chi connectivity index (χ3v) is 2.22. The average Bonchev–Trinajstić information content (AvgIpc) is 2.25. The summed E-state index contributed by atoms with van der Waals surface area (Å²) in [5, 5.41) is 18.5. The molecule has 0 aromatic rings. The maximum Gasteiger partial charge on any atom is 0.0900 e.